The average Bonchev–Trinajstić information content (AvgIpc) is 3.14. The minimum Gasteiger partial charge on any atom is -0.464 e. The summed E-state index contributed by atoms with van der Waals surface area (Å²) >= 11 is 12.3. The van der Waals surface area contributed by atoms with Crippen molar-refractivity contribution in [1.29, 1.82) is 0 Å². The van der Waals surface area contributed by atoms with Crippen LogP contribution in [0.3, 0.4) is 0 Å². The first-order chi connectivity index (χ1) is 13.6. The molecule has 3 aromatic rings. The third kappa shape index (κ3) is 3.03. The van der Waals surface area contributed by atoms with Crippen LogP contribution in [0.1, 0.15) is 35.4 Å². The molecule has 0 amide bonds. The Balaban J connectivity index is 1.59. The number of benzene rings is 3. The summed E-state index contributed by atoms with van der Waals surface area (Å²) < 4.78 is 19.7. The molecular formula is C22H15Cl2FN2O. The maximum absolute atomic E-state index is 13.4. The van der Waals surface area contributed by atoms with Crippen molar-refractivity contribution in [3.8, 4) is 5.75 Å². The standard InChI is InChI=1S/C22H15Cl2FN2O/c23-15-5-1-13(2-6-15)19-12-20-18-11-16(24)7-10-21(18)28-22(27(20)26-19)14-3-8-17(25)9-4-14/h1-11,20,22H,12H2/t20-,22-/m1/s1. The first kappa shape index (κ1) is 17.5. The van der Waals surface area contributed by atoms with Gasteiger partial charge in [0.15, 0.2) is 0 Å². The molecule has 0 aliphatic carbocycles. The van der Waals surface area contributed by atoms with Gasteiger partial charge in [0.2, 0.25) is 6.23 Å². The molecule has 140 valence electrons. The van der Waals surface area contributed by atoms with E-state index in [9.17, 15) is 4.39 Å². The highest BCUT2D eigenvalue weighted by Crippen LogP contribution is 2.48. The van der Waals surface area contributed by atoms with E-state index in [0.29, 0.717) is 10.0 Å². The summed E-state index contributed by atoms with van der Waals surface area (Å²) in [6, 6.07) is 19.6. The summed E-state index contributed by atoms with van der Waals surface area (Å²) in [5, 5.41) is 8.14. The first-order valence-corrected chi connectivity index (χ1v) is 9.67. The molecular weight excluding hydrogens is 398 g/mol. The Bertz CT molecular complexity index is 1070. The van der Waals surface area contributed by atoms with Crippen LogP contribution < -0.4 is 4.74 Å². The van der Waals surface area contributed by atoms with Crippen molar-refractivity contribution < 1.29 is 9.13 Å². The number of ether oxygens (including phenoxy) is 1. The first-order valence-electron chi connectivity index (χ1n) is 8.92. The van der Waals surface area contributed by atoms with Crippen LogP contribution >= 0.6 is 23.2 Å². The molecule has 0 radical (unpaired) electrons. The minimum atomic E-state index is -0.441. The number of rotatable bonds is 2. The predicted octanol–water partition coefficient (Wildman–Crippen LogP) is 6.37. The van der Waals surface area contributed by atoms with Crippen LogP contribution in [0.15, 0.2) is 71.8 Å². The molecule has 28 heavy (non-hydrogen) atoms. The van der Waals surface area contributed by atoms with Crippen LogP contribution in [0.25, 0.3) is 0 Å². The lowest BCUT2D eigenvalue weighted by Crippen LogP contribution is -2.33. The van der Waals surface area contributed by atoms with E-state index >= 15 is 0 Å². The fourth-order valence-corrected chi connectivity index (χ4v) is 4.03. The Morgan fingerprint density at radius 2 is 1.64 bits per heavy atom. The lowest BCUT2D eigenvalue weighted by Gasteiger charge is -2.38. The van der Waals surface area contributed by atoms with Gasteiger partial charge in [-0.3, -0.25) is 0 Å². The van der Waals surface area contributed by atoms with Gasteiger partial charge in [0.25, 0.3) is 0 Å². The van der Waals surface area contributed by atoms with Gasteiger partial charge in [-0.15, -0.1) is 0 Å². The van der Waals surface area contributed by atoms with Gasteiger partial charge in [-0.05, 0) is 48.0 Å². The van der Waals surface area contributed by atoms with Crippen LogP contribution in [-0.4, -0.2) is 10.7 Å². The molecule has 2 heterocycles. The summed E-state index contributed by atoms with van der Waals surface area (Å²) in [7, 11) is 0. The van der Waals surface area contributed by atoms with Gasteiger partial charge in [-0.1, -0.05) is 47.5 Å². The molecule has 0 aromatic heterocycles. The summed E-state index contributed by atoms with van der Waals surface area (Å²) in [5.74, 6) is 0.489. The molecule has 2 atom stereocenters. The topological polar surface area (TPSA) is 24.8 Å². The van der Waals surface area contributed by atoms with Crippen molar-refractivity contribution in [2.24, 2.45) is 5.10 Å². The normalized spacial score (nSPS) is 20.2. The molecule has 3 aromatic carbocycles. The van der Waals surface area contributed by atoms with Crippen molar-refractivity contribution in [3.63, 3.8) is 0 Å². The lowest BCUT2D eigenvalue weighted by atomic mass is 9.96. The highest BCUT2D eigenvalue weighted by Gasteiger charge is 2.41. The van der Waals surface area contributed by atoms with E-state index in [0.717, 1.165) is 34.6 Å². The smallest absolute Gasteiger partial charge is 0.213 e. The van der Waals surface area contributed by atoms with Gasteiger partial charge in [0, 0.05) is 27.6 Å². The second-order valence-corrected chi connectivity index (χ2v) is 7.73. The highest BCUT2D eigenvalue weighted by atomic mass is 35.5. The number of hydrogen-bond donors (Lipinski definition) is 0. The Morgan fingerprint density at radius 3 is 2.39 bits per heavy atom. The number of hydrazone groups is 1. The van der Waals surface area contributed by atoms with Crippen LogP contribution in [-0.2, 0) is 0 Å². The monoisotopic (exact) mass is 412 g/mol. The summed E-state index contributed by atoms with van der Waals surface area (Å²) in [4.78, 5) is 0. The zero-order valence-corrected chi connectivity index (χ0v) is 16.2. The van der Waals surface area contributed by atoms with E-state index in [1.54, 1.807) is 12.1 Å². The van der Waals surface area contributed by atoms with E-state index in [-0.39, 0.29) is 11.9 Å². The molecule has 6 heteroatoms. The zero-order valence-electron chi connectivity index (χ0n) is 14.6. The van der Waals surface area contributed by atoms with Crippen LogP contribution in [0.2, 0.25) is 10.0 Å². The van der Waals surface area contributed by atoms with E-state index in [1.807, 2.05) is 47.5 Å². The van der Waals surface area contributed by atoms with Gasteiger partial charge in [-0.25, -0.2) is 9.40 Å². The van der Waals surface area contributed by atoms with E-state index in [2.05, 4.69) is 0 Å². The van der Waals surface area contributed by atoms with Crippen LogP contribution in [0, 0.1) is 5.82 Å². The maximum atomic E-state index is 13.4. The average molecular weight is 413 g/mol. The molecule has 0 N–H and O–H groups in total. The van der Waals surface area contributed by atoms with Gasteiger partial charge in [-0.2, -0.15) is 5.10 Å². The molecule has 0 unspecified atom stereocenters. The second-order valence-electron chi connectivity index (χ2n) is 6.86. The van der Waals surface area contributed by atoms with Crippen molar-refractivity contribution in [2.75, 3.05) is 0 Å². The summed E-state index contributed by atoms with van der Waals surface area (Å²) in [6.07, 6.45) is 0.278. The maximum Gasteiger partial charge on any atom is 0.213 e. The van der Waals surface area contributed by atoms with E-state index < -0.39 is 6.23 Å². The molecule has 0 fully saturated rings. The highest BCUT2D eigenvalue weighted by molar-refractivity contribution is 6.31. The van der Waals surface area contributed by atoms with Gasteiger partial charge >= 0.3 is 0 Å². The zero-order chi connectivity index (χ0) is 19.3. The Kier molecular flexibility index (Phi) is 4.26. The molecule has 3 nitrogen and oxygen atoms in total. The van der Waals surface area contributed by atoms with Crippen molar-refractivity contribution in [2.45, 2.75) is 18.7 Å². The lowest BCUT2D eigenvalue weighted by molar-refractivity contribution is -0.0190. The van der Waals surface area contributed by atoms with Crippen molar-refractivity contribution in [1.82, 2.24) is 5.01 Å². The number of hydrogen-bond acceptors (Lipinski definition) is 3. The third-order valence-corrected chi connectivity index (χ3v) is 5.57. The Morgan fingerprint density at radius 1 is 0.929 bits per heavy atom. The SMILES string of the molecule is Fc1ccc([C@H]2Oc3ccc(Cl)cc3[C@H]3CC(c4ccc(Cl)cc4)=NN32)cc1. The quantitative estimate of drug-likeness (QED) is 0.487. The molecule has 0 spiro atoms. The Labute approximate surface area is 172 Å². The van der Waals surface area contributed by atoms with E-state index in [4.69, 9.17) is 33.0 Å². The minimum absolute atomic E-state index is 0.0109. The molecule has 2 aliphatic heterocycles. The van der Waals surface area contributed by atoms with Crippen LogP contribution in [0.5, 0.6) is 5.75 Å². The van der Waals surface area contributed by atoms with Gasteiger partial charge < -0.3 is 4.74 Å². The second kappa shape index (κ2) is 6.80. The fourth-order valence-electron chi connectivity index (χ4n) is 3.72. The van der Waals surface area contributed by atoms with Gasteiger partial charge in [0.1, 0.15) is 11.6 Å². The summed E-state index contributed by atoms with van der Waals surface area (Å²) in [5.41, 5.74) is 3.80. The summed E-state index contributed by atoms with van der Waals surface area (Å²) in [6.45, 7) is 0. The molecule has 2 aliphatic rings. The molecule has 0 saturated heterocycles. The van der Waals surface area contributed by atoms with Crippen LogP contribution in [0.4, 0.5) is 4.39 Å². The molecule has 5 rings (SSSR count). The number of nitrogens with zero attached hydrogens (tertiary/aromatic N) is 2. The molecule has 0 saturated carbocycles. The van der Waals surface area contributed by atoms with E-state index in [1.165, 1.54) is 12.1 Å². The number of fused-ring (bicyclic) bond motifs is 3. The number of halogens is 3. The molecule has 0 bridgehead atoms. The largest absolute Gasteiger partial charge is 0.464 e. The predicted molar refractivity (Wildman–Crippen MR) is 108 cm³/mol. The van der Waals surface area contributed by atoms with Crippen molar-refractivity contribution in [3.05, 3.63) is 99.3 Å². The Hall–Kier alpha value is -2.56. The fraction of sp³-hybridized carbons (Fsp3) is 0.136. The van der Waals surface area contributed by atoms with Gasteiger partial charge in [0.05, 0.1) is 11.8 Å². The third-order valence-electron chi connectivity index (χ3n) is 5.08. The van der Waals surface area contributed by atoms with Crippen molar-refractivity contribution >= 4 is 28.9 Å².